The van der Waals surface area contributed by atoms with Crippen LogP contribution in [0.15, 0.2) is 12.1 Å². The Morgan fingerprint density at radius 1 is 1.32 bits per heavy atom. The molecule has 1 saturated heterocycles. The van der Waals surface area contributed by atoms with Crippen molar-refractivity contribution in [1.29, 1.82) is 0 Å². The molecule has 3 N–H and O–H groups in total. The third-order valence-electron chi connectivity index (χ3n) is 9.28. The molecule has 0 amide bonds. The van der Waals surface area contributed by atoms with E-state index in [9.17, 15) is 15.3 Å². The molecule has 1 unspecified atom stereocenters. The molecule has 152 valence electrons. The highest BCUT2D eigenvalue weighted by molar-refractivity contribution is 5.63. The molecule has 4 aliphatic carbocycles. The summed E-state index contributed by atoms with van der Waals surface area (Å²) in [4.78, 5) is 2.39. The number of likely N-dealkylation sites (N-methyl/N-ethyl adjacent to an activating group) is 1. The molecule has 4 fully saturated rings. The van der Waals surface area contributed by atoms with Gasteiger partial charge in [-0.2, -0.15) is 0 Å². The fraction of sp³-hybridized carbons (Fsp3) is 0.727. The van der Waals surface area contributed by atoms with Crippen LogP contribution in [0, 0.1) is 11.3 Å². The number of nitrogens with zero attached hydrogens (tertiary/aromatic N) is 1. The largest absolute Gasteiger partial charge is 0.504 e. The van der Waals surface area contributed by atoms with E-state index in [1.54, 1.807) is 13.2 Å². The summed E-state index contributed by atoms with van der Waals surface area (Å²) in [5, 5.41) is 33.0. The van der Waals surface area contributed by atoms with Crippen LogP contribution < -0.4 is 4.74 Å². The van der Waals surface area contributed by atoms with Crippen molar-refractivity contribution in [2.24, 2.45) is 11.3 Å². The Bertz CT molecular complexity index is 873. The summed E-state index contributed by atoms with van der Waals surface area (Å²) in [7, 11) is 3.83. The molecule has 0 aromatic heterocycles. The first-order chi connectivity index (χ1) is 13.3. The van der Waals surface area contributed by atoms with Crippen LogP contribution >= 0.6 is 0 Å². The van der Waals surface area contributed by atoms with Crippen LogP contribution in [0.2, 0.25) is 0 Å². The van der Waals surface area contributed by atoms with Crippen molar-refractivity contribution >= 4 is 0 Å². The lowest BCUT2D eigenvalue weighted by atomic mass is 9.33. The van der Waals surface area contributed by atoms with Crippen LogP contribution in [0.5, 0.6) is 11.5 Å². The molecular formula is C22H29NO5. The molecule has 0 radical (unpaired) electrons. The number of likely N-dealkylation sites (tertiary alicyclic amines) is 1. The molecule has 6 heteroatoms. The first-order valence-electron chi connectivity index (χ1n) is 10.5. The zero-order valence-corrected chi connectivity index (χ0v) is 16.7. The van der Waals surface area contributed by atoms with Crippen LogP contribution in [0.1, 0.15) is 37.3 Å². The number of methoxy groups -OCH3 is 1. The number of phenolic OH excluding ortho intramolecular Hbond substituents is 1. The van der Waals surface area contributed by atoms with Crippen LogP contribution in [0.25, 0.3) is 0 Å². The van der Waals surface area contributed by atoms with Gasteiger partial charge in [-0.25, -0.2) is 0 Å². The number of hydrogen-bond acceptors (Lipinski definition) is 6. The Balaban J connectivity index is 1.72. The van der Waals surface area contributed by atoms with Gasteiger partial charge >= 0.3 is 0 Å². The summed E-state index contributed by atoms with van der Waals surface area (Å²) in [5.74, 6) is 0.631. The zero-order valence-electron chi connectivity index (χ0n) is 16.7. The minimum atomic E-state index is -0.768. The molecule has 7 rings (SSSR count). The van der Waals surface area contributed by atoms with Crippen molar-refractivity contribution in [1.82, 2.24) is 4.90 Å². The molecule has 1 aromatic carbocycles. The van der Waals surface area contributed by atoms with Crippen molar-refractivity contribution in [2.45, 2.75) is 68.0 Å². The number of fused-ring (bicyclic) bond motifs is 2. The summed E-state index contributed by atoms with van der Waals surface area (Å²) in [6, 6.07) is 3.95. The van der Waals surface area contributed by atoms with Crippen LogP contribution in [-0.4, -0.2) is 70.9 Å². The van der Waals surface area contributed by atoms with Gasteiger partial charge in [0, 0.05) is 36.5 Å². The Labute approximate surface area is 165 Å². The van der Waals surface area contributed by atoms with Gasteiger partial charge in [-0.1, -0.05) is 6.07 Å². The van der Waals surface area contributed by atoms with Crippen molar-refractivity contribution < 1.29 is 24.8 Å². The van der Waals surface area contributed by atoms with E-state index in [2.05, 4.69) is 11.9 Å². The molecule has 2 spiro atoms. The average Bonchev–Trinajstić information content (AvgIpc) is 3.03. The summed E-state index contributed by atoms with van der Waals surface area (Å²) in [6.45, 7) is 2.75. The second-order valence-electron chi connectivity index (χ2n) is 9.84. The number of phenols is 1. The Hall–Kier alpha value is -1.34. The van der Waals surface area contributed by atoms with Crippen LogP contribution in [-0.2, 0) is 16.6 Å². The van der Waals surface area contributed by atoms with E-state index >= 15 is 0 Å². The summed E-state index contributed by atoms with van der Waals surface area (Å²) in [5.41, 5.74) is 0.766. The highest BCUT2D eigenvalue weighted by Crippen LogP contribution is 2.76. The van der Waals surface area contributed by atoms with E-state index in [-0.39, 0.29) is 29.2 Å². The molecule has 3 saturated carbocycles. The standard InChI is InChI=1S/C22H29NO5/c1-11(24)13-9-21-15-8-12-4-5-14(25)18-17(12)20(21,6-7-23(15)2)19(28-18)22(13,27-3)10-16(21)26/h4-5,11,13,15-16,19,24-26H,6-10H2,1-3H3/t11-,13-,15-,16?,19-,20+,21-,22-/m1/s1. The van der Waals surface area contributed by atoms with Crippen molar-refractivity contribution in [3.05, 3.63) is 23.3 Å². The predicted molar refractivity (Wildman–Crippen MR) is 102 cm³/mol. The number of piperidine rings is 1. The highest BCUT2D eigenvalue weighted by Gasteiger charge is 2.83. The summed E-state index contributed by atoms with van der Waals surface area (Å²) >= 11 is 0. The van der Waals surface area contributed by atoms with Crippen molar-refractivity contribution in [3.8, 4) is 11.5 Å². The molecule has 6 aliphatic rings. The van der Waals surface area contributed by atoms with Gasteiger partial charge in [0.2, 0.25) is 0 Å². The minimum Gasteiger partial charge on any atom is -0.504 e. The van der Waals surface area contributed by atoms with Gasteiger partial charge in [-0.3, -0.25) is 0 Å². The van der Waals surface area contributed by atoms with Gasteiger partial charge in [0.1, 0.15) is 11.7 Å². The number of aliphatic hydroxyl groups excluding tert-OH is 2. The second kappa shape index (κ2) is 5.04. The van der Waals surface area contributed by atoms with Crippen LogP contribution in [0.4, 0.5) is 0 Å². The number of rotatable bonds is 2. The maximum atomic E-state index is 11.6. The van der Waals surface area contributed by atoms with Gasteiger partial charge in [0.05, 0.1) is 17.6 Å². The second-order valence-corrected chi connectivity index (χ2v) is 9.84. The van der Waals surface area contributed by atoms with E-state index in [4.69, 9.17) is 9.47 Å². The predicted octanol–water partition coefficient (Wildman–Crippen LogP) is 1.19. The smallest absolute Gasteiger partial charge is 0.165 e. The van der Waals surface area contributed by atoms with Gasteiger partial charge in [-0.05, 0) is 51.4 Å². The monoisotopic (exact) mass is 387 g/mol. The van der Waals surface area contributed by atoms with E-state index in [0.29, 0.717) is 18.6 Å². The molecule has 2 heterocycles. The number of aliphatic hydroxyl groups is 2. The minimum absolute atomic E-state index is 0.119. The van der Waals surface area contributed by atoms with E-state index in [1.807, 2.05) is 13.0 Å². The third kappa shape index (κ3) is 1.51. The molecule has 4 bridgehead atoms. The fourth-order valence-corrected chi connectivity index (χ4v) is 8.34. The normalized spacial score (nSPS) is 48.9. The Morgan fingerprint density at radius 3 is 2.82 bits per heavy atom. The first-order valence-corrected chi connectivity index (χ1v) is 10.5. The highest BCUT2D eigenvalue weighted by atomic mass is 16.6. The average molecular weight is 387 g/mol. The maximum absolute atomic E-state index is 11.6. The SMILES string of the molecule is CO[C@]12CC(O)[C@@]3(C[C@@H]1[C@@H](C)O)[C@H]1Cc4ccc(O)c5c4[C@@]3(CCN1C)[C@H]2O5. The quantitative estimate of drug-likeness (QED) is 0.707. The van der Waals surface area contributed by atoms with Gasteiger partial charge in [0.15, 0.2) is 11.5 Å². The number of aromatic hydroxyl groups is 1. The zero-order chi connectivity index (χ0) is 19.6. The van der Waals surface area contributed by atoms with Gasteiger partial charge < -0.3 is 29.7 Å². The number of ether oxygens (including phenoxy) is 2. The Morgan fingerprint density at radius 2 is 2.11 bits per heavy atom. The third-order valence-corrected chi connectivity index (χ3v) is 9.28. The van der Waals surface area contributed by atoms with Crippen molar-refractivity contribution in [3.63, 3.8) is 0 Å². The lowest BCUT2D eigenvalue weighted by Crippen LogP contribution is -2.85. The van der Waals surface area contributed by atoms with Gasteiger partial charge in [0.25, 0.3) is 0 Å². The summed E-state index contributed by atoms with van der Waals surface area (Å²) in [6.07, 6.45) is 1.47. The maximum Gasteiger partial charge on any atom is 0.165 e. The first kappa shape index (κ1) is 17.5. The lowest BCUT2D eigenvalue weighted by Gasteiger charge is -2.75. The summed E-state index contributed by atoms with van der Waals surface area (Å²) < 4.78 is 12.8. The topological polar surface area (TPSA) is 82.4 Å². The van der Waals surface area contributed by atoms with Crippen LogP contribution in [0.3, 0.4) is 0 Å². The molecule has 8 atom stereocenters. The van der Waals surface area contributed by atoms with Gasteiger partial charge in [-0.15, -0.1) is 0 Å². The number of benzene rings is 1. The molecular weight excluding hydrogens is 358 g/mol. The van der Waals surface area contributed by atoms with E-state index in [0.717, 1.165) is 24.9 Å². The van der Waals surface area contributed by atoms with E-state index in [1.165, 1.54) is 5.56 Å². The molecule has 1 aromatic rings. The van der Waals surface area contributed by atoms with E-state index < -0.39 is 23.2 Å². The fourth-order valence-electron chi connectivity index (χ4n) is 8.34. The molecule has 6 nitrogen and oxygen atoms in total. The molecule has 2 aliphatic heterocycles. The van der Waals surface area contributed by atoms with Crippen molar-refractivity contribution in [2.75, 3.05) is 20.7 Å². The Kier molecular flexibility index (Phi) is 3.15. The number of hydrogen-bond donors (Lipinski definition) is 3. The lowest BCUT2D eigenvalue weighted by molar-refractivity contribution is -0.320. The molecule has 28 heavy (non-hydrogen) atoms.